The number of aromatic nitrogens is 1. The Morgan fingerprint density at radius 1 is 0.925 bits per heavy atom. The summed E-state index contributed by atoms with van der Waals surface area (Å²) in [6.45, 7) is 31.1. The lowest BCUT2D eigenvalue weighted by Gasteiger charge is -2.28. The van der Waals surface area contributed by atoms with E-state index in [1.54, 1.807) is 11.1 Å². The Kier molecular flexibility index (Phi) is 10.7. The smallest absolute Gasteiger partial charge is 0.0529 e. The summed E-state index contributed by atoms with van der Waals surface area (Å²) < 4.78 is 2.70. The fraction of sp³-hybridized carbons (Fsp3) is 0.538. The maximum absolute atomic E-state index is 4.51. The zero-order valence-electron chi connectivity index (χ0n) is 27.5. The van der Waals surface area contributed by atoms with Crippen molar-refractivity contribution in [3.05, 3.63) is 77.4 Å². The molecule has 6 rings (SSSR count). The first-order chi connectivity index (χ1) is 19.2. The van der Waals surface area contributed by atoms with Gasteiger partial charge < -0.3 is 4.57 Å². The average molecular weight is 540 g/mol. The lowest BCUT2D eigenvalue weighted by Crippen LogP contribution is -2.14. The summed E-state index contributed by atoms with van der Waals surface area (Å²) in [6, 6.07) is 14.3. The summed E-state index contributed by atoms with van der Waals surface area (Å²) in [6.07, 6.45) is 7.80. The van der Waals surface area contributed by atoms with Gasteiger partial charge in [0.2, 0.25) is 0 Å². The molecule has 40 heavy (non-hydrogen) atoms. The van der Waals surface area contributed by atoms with Crippen LogP contribution in [0.5, 0.6) is 0 Å². The second kappa shape index (κ2) is 13.4. The molecule has 0 saturated heterocycles. The van der Waals surface area contributed by atoms with Crippen LogP contribution in [0, 0.1) is 18.3 Å². The number of aryl methyl sites for hydroxylation is 1. The Bertz CT molecular complexity index is 1330. The normalized spacial score (nSPS) is 23.8. The van der Waals surface area contributed by atoms with Gasteiger partial charge in [0.05, 0.1) is 5.69 Å². The fourth-order valence-corrected chi connectivity index (χ4v) is 7.02. The minimum Gasteiger partial charge on any atom is -0.339 e. The number of hydrogen-bond donors (Lipinski definition) is 0. The zero-order chi connectivity index (χ0) is 29.8. The van der Waals surface area contributed by atoms with Crippen LogP contribution in [0.4, 0.5) is 0 Å². The highest BCUT2D eigenvalue weighted by Gasteiger charge is 2.58. The maximum atomic E-state index is 4.51. The van der Waals surface area contributed by atoms with Crippen molar-refractivity contribution in [3.63, 3.8) is 0 Å². The molecular formula is C39H57N. The second-order valence-electron chi connectivity index (χ2n) is 12.3. The first-order valence-electron chi connectivity index (χ1n) is 16.3. The third-order valence-corrected chi connectivity index (χ3v) is 9.22. The van der Waals surface area contributed by atoms with Crippen molar-refractivity contribution in [1.29, 1.82) is 0 Å². The van der Waals surface area contributed by atoms with Crippen LogP contribution >= 0.6 is 0 Å². The van der Waals surface area contributed by atoms with E-state index < -0.39 is 0 Å². The number of hydrogen-bond acceptors (Lipinski definition) is 0. The first-order valence-corrected chi connectivity index (χ1v) is 16.3. The number of fused-ring (bicyclic) bond motifs is 7. The second-order valence-corrected chi connectivity index (χ2v) is 12.3. The van der Waals surface area contributed by atoms with Crippen LogP contribution in [0.2, 0.25) is 0 Å². The van der Waals surface area contributed by atoms with E-state index in [-0.39, 0.29) is 5.41 Å². The molecule has 0 amide bonds. The largest absolute Gasteiger partial charge is 0.339 e. The first kappa shape index (κ1) is 32.0. The predicted molar refractivity (Wildman–Crippen MR) is 180 cm³/mol. The van der Waals surface area contributed by atoms with Crippen LogP contribution in [0.15, 0.2) is 55.1 Å². The third kappa shape index (κ3) is 5.77. The molecule has 218 valence electrons. The molecule has 2 heterocycles. The minimum atomic E-state index is 0.192. The molecule has 1 aromatic heterocycles. The van der Waals surface area contributed by atoms with E-state index in [9.17, 15) is 0 Å². The lowest BCUT2D eigenvalue weighted by atomic mass is 9.77. The lowest BCUT2D eigenvalue weighted by molar-refractivity contribution is 0.349. The summed E-state index contributed by atoms with van der Waals surface area (Å²) in [5.41, 5.74) is 12.9. The minimum absolute atomic E-state index is 0.192. The highest BCUT2D eigenvalue weighted by molar-refractivity contribution is 5.95. The van der Waals surface area contributed by atoms with E-state index in [2.05, 4.69) is 95.7 Å². The average Bonchev–Trinajstić information content (AvgIpc) is 3.63. The van der Waals surface area contributed by atoms with E-state index in [1.807, 2.05) is 27.7 Å². The summed E-state index contributed by atoms with van der Waals surface area (Å²) in [7, 11) is 0. The Hall–Kier alpha value is -2.54. The van der Waals surface area contributed by atoms with E-state index >= 15 is 0 Å². The molecule has 0 radical (unpaired) electrons. The van der Waals surface area contributed by atoms with Crippen LogP contribution in [0.1, 0.15) is 135 Å². The van der Waals surface area contributed by atoms with Crippen molar-refractivity contribution >= 4 is 16.5 Å². The zero-order valence-corrected chi connectivity index (χ0v) is 27.5. The van der Waals surface area contributed by atoms with Gasteiger partial charge in [0, 0.05) is 28.4 Å². The Morgan fingerprint density at radius 3 is 2.12 bits per heavy atom. The molecule has 1 heteroatoms. The topological polar surface area (TPSA) is 4.93 Å². The molecule has 0 bridgehead atoms. The quantitative estimate of drug-likeness (QED) is 0.292. The van der Waals surface area contributed by atoms with Gasteiger partial charge in [-0.15, -0.1) is 0 Å². The monoisotopic (exact) mass is 539 g/mol. The van der Waals surface area contributed by atoms with Crippen molar-refractivity contribution in [1.82, 2.24) is 4.57 Å². The van der Waals surface area contributed by atoms with E-state index in [1.165, 1.54) is 77.4 Å². The van der Waals surface area contributed by atoms with Gasteiger partial charge >= 0.3 is 0 Å². The summed E-state index contributed by atoms with van der Waals surface area (Å²) in [5.74, 6) is 2.11. The molecule has 3 aliphatic rings. The molecule has 2 aromatic carbocycles. The van der Waals surface area contributed by atoms with Crippen molar-refractivity contribution in [2.45, 2.75) is 126 Å². The van der Waals surface area contributed by atoms with Crippen LogP contribution in [-0.2, 0) is 6.54 Å². The van der Waals surface area contributed by atoms with Crippen LogP contribution in [-0.4, -0.2) is 4.57 Å². The van der Waals surface area contributed by atoms with Crippen LogP contribution < -0.4 is 0 Å². The molecular weight excluding hydrogens is 482 g/mol. The van der Waals surface area contributed by atoms with Crippen LogP contribution in [0.3, 0.4) is 0 Å². The number of nitrogens with zero attached hydrogens (tertiary/aromatic N) is 1. The van der Waals surface area contributed by atoms with E-state index in [4.69, 9.17) is 0 Å². The van der Waals surface area contributed by atoms with Gasteiger partial charge in [0.25, 0.3) is 0 Å². The standard InChI is InChI=1S/C32H37N.C3H8.2C2H6/c1-19(2)24-12-14-26-29(16-24)33-18-32(20(3)4)17-28(32)27-15-22(6)9-13-25(27)31(33)30(26)23-10-7-21(5)8-11-23;1-3-2;2*1-2/h9,12-16,21,23,28H,1,3,7-8,10-11,17-18H2,2,4-6H3;3H2,1-2H3;2*1-2H3. The van der Waals surface area contributed by atoms with Gasteiger partial charge in [-0.25, -0.2) is 0 Å². The Morgan fingerprint density at radius 2 is 1.55 bits per heavy atom. The van der Waals surface area contributed by atoms with Crippen LogP contribution in [0.25, 0.3) is 27.7 Å². The highest BCUT2D eigenvalue weighted by atomic mass is 15.0. The van der Waals surface area contributed by atoms with Crippen molar-refractivity contribution < 1.29 is 0 Å². The van der Waals surface area contributed by atoms with Gasteiger partial charge in [0.1, 0.15) is 0 Å². The maximum Gasteiger partial charge on any atom is 0.0529 e. The molecule has 2 aliphatic carbocycles. The molecule has 3 aromatic rings. The van der Waals surface area contributed by atoms with E-state index in [0.717, 1.165) is 18.0 Å². The summed E-state index contributed by atoms with van der Waals surface area (Å²) in [5, 5.41) is 1.47. The predicted octanol–water partition coefficient (Wildman–Crippen LogP) is 12.5. The molecule has 2 unspecified atom stereocenters. The number of allylic oxidation sites excluding steroid dienone is 2. The number of benzene rings is 2. The van der Waals surface area contributed by atoms with Gasteiger partial charge in [-0.2, -0.15) is 0 Å². The molecule has 1 aliphatic heterocycles. The van der Waals surface area contributed by atoms with Crippen molar-refractivity contribution in [2.75, 3.05) is 0 Å². The summed E-state index contributed by atoms with van der Waals surface area (Å²) in [4.78, 5) is 0. The third-order valence-electron chi connectivity index (χ3n) is 9.22. The SMILES string of the molecule is C=C(C)c1ccc2c(C3CCC(C)CC3)c3n(c2c1)CC1(C(=C)C)CC1c1cc(C)ccc1-3.CC.CC.CCC. The highest BCUT2D eigenvalue weighted by Crippen LogP contribution is 2.68. The molecule has 0 N–H and O–H groups in total. The fourth-order valence-electron chi connectivity index (χ4n) is 7.02. The van der Waals surface area contributed by atoms with Gasteiger partial charge in [-0.3, -0.25) is 0 Å². The van der Waals surface area contributed by atoms with Gasteiger partial charge in [0.15, 0.2) is 0 Å². The molecule has 2 saturated carbocycles. The van der Waals surface area contributed by atoms with Gasteiger partial charge in [-0.05, 0) is 80.5 Å². The van der Waals surface area contributed by atoms with Crippen molar-refractivity contribution in [3.8, 4) is 11.3 Å². The molecule has 0 spiro atoms. The summed E-state index contributed by atoms with van der Waals surface area (Å²) >= 11 is 0. The number of rotatable bonds is 3. The van der Waals surface area contributed by atoms with E-state index in [0.29, 0.717) is 11.8 Å². The molecule has 2 fully saturated rings. The molecule has 1 nitrogen and oxygen atoms in total. The Balaban J connectivity index is 0.000000581. The van der Waals surface area contributed by atoms with Gasteiger partial charge in [-0.1, -0.05) is 128 Å². The van der Waals surface area contributed by atoms with Crippen molar-refractivity contribution in [2.24, 2.45) is 11.3 Å². The Labute approximate surface area is 246 Å². The molecule has 2 atom stereocenters.